The van der Waals surface area contributed by atoms with E-state index in [2.05, 4.69) is 5.10 Å². The standard InChI is InChI=1S/C6H10N2O2/c1-5(2)10-8-6(9)3-4-7-8/h4-5H,3H2,1-2H3. The fourth-order valence-electron chi connectivity index (χ4n) is 0.621. The van der Waals surface area contributed by atoms with Crippen LogP contribution in [0.1, 0.15) is 20.3 Å². The molecule has 0 aromatic rings. The van der Waals surface area contributed by atoms with Gasteiger partial charge >= 0.3 is 0 Å². The van der Waals surface area contributed by atoms with E-state index in [0.29, 0.717) is 6.42 Å². The molecule has 0 fully saturated rings. The topological polar surface area (TPSA) is 41.9 Å². The van der Waals surface area contributed by atoms with Gasteiger partial charge in [0, 0.05) is 6.21 Å². The smallest absolute Gasteiger partial charge is 0.270 e. The molecule has 0 radical (unpaired) electrons. The Bertz CT molecular complexity index is 165. The summed E-state index contributed by atoms with van der Waals surface area (Å²) >= 11 is 0. The first-order valence-electron chi connectivity index (χ1n) is 3.22. The molecule has 1 rings (SSSR count). The Morgan fingerprint density at radius 3 is 2.90 bits per heavy atom. The van der Waals surface area contributed by atoms with E-state index in [4.69, 9.17) is 4.84 Å². The molecule has 0 spiro atoms. The molecule has 0 saturated heterocycles. The Morgan fingerprint density at radius 2 is 2.50 bits per heavy atom. The van der Waals surface area contributed by atoms with E-state index < -0.39 is 0 Å². The maximum absolute atomic E-state index is 10.8. The molecule has 10 heavy (non-hydrogen) atoms. The van der Waals surface area contributed by atoms with Crippen LogP contribution < -0.4 is 0 Å². The predicted octanol–water partition coefficient (Wildman–Crippen LogP) is 0.544. The van der Waals surface area contributed by atoms with Crippen molar-refractivity contribution in [2.45, 2.75) is 26.4 Å². The second kappa shape index (κ2) is 2.79. The van der Waals surface area contributed by atoms with Crippen molar-refractivity contribution in [2.24, 2.45) is 5.10 Å². The SMILES string of the molecule is CC(C)ON1N=CCC1=O. The van der Waals surface area contributed by atoms with Gasteiger partial charge in [-0.2, -0.15) is 5.10 Å². The van der Waals surface area contributed by atoms with Crippen molar-refractivity contribution >= 4 is 12.1 Å². The highest BCUT2D eigenvalue weighted by atomic mass is 16.7. The lowest BCUT2D eigenvalue weighted by Crippen LogP contribution is -2.24. The summed E-state index contributed by atoms with van der Waals surface area (Å²) in [6.07, 6.45) is 1.89. The number of carbonyl (C=O) groups excluding carboxylic acids is 1. The Hall–Kier alpha value is -0.900. The summed E-state index contributed by atoms with van der Waals surface area (Å²) in [7, 11) is 0. The van der Waals surface area contributed by atoms with Crippen LogP contribution in [0.2, 0.25) is 0 Å². The molecule has 0 N–H and O–H groups in total. The molecule has 0 bridgehead atoms. The first-order valence-corrected chi connectivity index (χ1v) is 3.22. The van der Waals surface area contributed by atoms with Crippen molar-refractivity contribution in [2.75, 3.05) is 0 Å². The second-order valence-corrected chi connectivity index (χ2v) is 2.32. The average molecular weight is 142 g/mol. The van der Waals surface area contributed by atoms with Gasteiger partial charge in [0.2, 0.25) is 0 Å². The summed E-state index contributed by atoms with van der Waals surface area (Å²) < 4.78 is 0. The monoisotopic (exact) mass is 142 g/mol. The number of hydroxylamine groups is 1. The van der Waals surface area contributed by atoms with E-state index >= 15 is 0 Å². The third kappa shape index (κ3) is 1.54. The van der Waals surface area contributed by atoms with Crippen molar-refractivity contribution in [3.8, 4) is 0 Å². The van der Waals surface area contributed by atoms with Crippen molar-refractivity contribution in [3.05, 3.63) is 0 Å². The number of hydrogen-bond acceptors (Lipinski definition) is 3. The summed E-state index contributed by atoms with van der Waals surface area (Å²) in [5.74, 6) is -0.103. The van der Waals surface area contributed by atoms with Crippen LogP contribution >= 0.6 is 0 Å². The van der Waals surface area contributed by atoms with Gasteiger partial charge in [-0.1, -0.05) is 0 Å². The zero-order valence-corrected chi connectivity index (χ0v) is 6.07. The highest BCUT2D eigenvalue weighted by Crippen LogP contribution is 2.04. The Balaban J connectivity index is 2.41. The summed E-state index contributed by atoms with van der Waals surface area (Å²) in [5.41, 5.74) is 0. The lowest BCUT2D eigenvalue weighted by Gasteiger charge is -2.13. The minimum atomic E-state index is -0.103. The average Bonchev–Trinajstić information content (AvgIpc) is 2.15. The Morgan fingerprint density at radius 1 is 1.80 bits per heavy atom. The van der Waals surface area contributed by atoms with E-state index in [1.807, 2.05) is 13.8 Å². The molecule has 1 aliphatic heterocycles. The molecule has 0 unspecified atom stereocenters. The van der Waals surface area contributed by atoms with E-state index in [0.717, 1.165) is 5.17 Å². The number of amides is 1. The zero-order valence-electron chi connectivity index (χ0n) is 6.07. The van der Waals surface area contributed by atoms with Gasteiger partial charge in [-0.3, -0.25) is 4.79 Å². The first kappa shape index (κ1) is 7.21. The van der Waals surface area contributed by atoms with Gasteiger partial charge in [0.15, 0.2) is 0 Å². The van der Waals surface area contributed by atoms with Gasteiger partial charge in [-0.05, 0) is 13.8 Å². The van der Waals surface area contributed by atoms with Crippen LogP contribution in [-0.2, 0) is 9.63 Å². The molecule has 4 nitrogen and oxygen atoms in total. The predicted molar refractivity (Wildman–Crippen MR) is 36.2 cm³/mol. The molecule has 4 heteroatoms. The molecule has 56 valence electrons. The summed E-state index contributed by atoms with van der Waals surface area (Å²) in [6, 6.07) is 0. The number of hydrazone groups is 1. The van der Waals surface area contributed by atoms with Crippen LogP contribution in [-0.4, -0.2) is 23.4 Å². The van der Waals surface area contributed by atoms with Crippen LogP contribution in [0.3, 0.4) is 0 Å². The van der Waals surface area contributed by atoms with Crippen LogP contribution in [0.15, 0.2) is 5.10 Å². The normalized spacial score (nSPS) is 17.5. The van der Waals surface area contributed by atoms with Gasteiger partial charge in [0.05, 0.1) is 12.5 Å². The summed E-state index contributed by atoms with van der Waals surface area (Å²) in [5, 5.41) is 4.73. The highest BCUT2D eigenvalue weighted by molar-refractivity contribution is 5.93. The lowest BCUT2D eigenvalue weighted by atomic mass is 10.5. The number of hydrogen-bond donors (Lipinski definition) is 0. The summed E-state index contributed by atoms with van der Waals surface area (Å²) in [4.78, 5) is 15.8. The molecular weight excluding hydrogens is 132 g/mol. The molecule has 1 amide bonds. The maximum atomic E-state index is 10.8. The molecule has 1 aliphatic rings. The molecule has 0 aromatic heterocycles. The molecular formula is C6H10N2O2. The Kier molecular flexibility index (Phi) is 2.01. The highest BCUT2D eigenvalue weighted by Gasteiger charge is 2.18. The minimum Gasteiger partial charge on any atom is -0.270 e. The van der Waals surface area contributed by atoms with E-state index in [1.165, 1.54) is 6.21 Å². The quantitative estimate of drug-likeness (QED) is 0.564. The van der Waals surface area contributed by atoms with Gasteiger partial charge in [0.1, 0.15) is 0 Å². The van der Waals surface area contributed by atoms with Gasteiger partial charge < -0.3 is 0 Å². The van der Waals surface area contributed by atoms with Crippen molar-refractivity contribution in [3.63, 3.8) is 0 Å². The van der Waals surface area contributed by atoms with Crippen molar-refractivity contribution in [1.29, 1.82) is 0 Å². The van der Waals surface area contributed by atoms with Gasteiger partial charge in [-0.15, -0.1) is 5.17 Å². The fourth-order valence-corrected chi connectivity index (χ4v) is 0.621. The maximum Gasteiger partial charge on any atom is 0.274 e. The minimum absolute atomic E-state index is 0.000741. The third-order valence-corrected chi connectivity index (χ3v) is 0.976. The molecule has 0 atom stereocenters. The third-order valence-electron chi connectivity index (χ3n) is 0.976. The van der Waals surface area contributed by atoms with E-state index in [9.17, 15) is 4.79 Å². The first-order chi connectivity index (χ1) is 4.70. The summed E-state index contributed by atoms with van der Waals surface area (Å²) in [6.45, 7) is 3.70. The molecule has 0 aromatic carbocycles. The van der Waals surface area contributed by atoms with E-state index in [1.54, 1.807) is 0 Å². The van der Waals surface area contributed by atoms with Gasteiger partial charge in [0.25, 0.3) is 5.91 Å². The van der Waals surface area contributed by atoms with Crippen LogP contribution in [0.5, 0.6) is 0 Å². The number of carbonyl (C=O) groups is 1. The van der Waals surface area contributed by atoms with Crippen LogP contribution in [0, 0.1) is 0 Å². The van der Waals surface area contributed by atoms with Crippen LogP contribution in [0.25, 0.3) is 0 Å². The van der Waals surface area contributed by atoms with Crippen molar-refractivity contribution in [1.82, 2.24) is 5.17 Å². The molecule has 0 saturated carbocycles. The number of nitrogens with zero attached hydrogens (tertiary/aromatic N) is 2. The van der Waals surface area contributed by atoms with Crippen molar-refractivity contribution < 1.29 is 9.63 Å². The van der Waals surface area contributed by atoms with E-state index in [-0.39, 0.29) is 12.0 Å². The zero-order chi connectivity index (χ0) is 7.56. The van der Waals surface area contributed by atoms with Crippen LogP contribution in [0.4, 0.5) is 0 Å². The lowest BCUT2D eigenvalue weighted by molar-refractivity contribution is -0.196. The molecule has 1 heterocycles. The Labute approximate surface area is 59.4 Å². The largest absolute Gasteiger partial charge is 0.274 e. The second-order valence-electron chi connectivity index (χ2n) is 2.32. The fraction of sp³-hybridized carbons (Fsp3) is 0.667. The van der Waals surface area contributed by atoms with Gasteiger partial charge in [-0.25, -0.2) is 4.84 Å². The molecule has 0 aliphatic carbocycles. The number of rotatable bonds is 2.